The topological polar surface area (TPSA) is 79.7 Å². The molecule has 35 heavy (non-hydrogen) atoms. The van der Waals surface area contributed by atoms with Gasteiger partial charge in [-0.3, -0.25) is 9.69 Å². The molecule has 2 aromatic carbocycles. The number of fused-ring (bicyclic) bond motifs is 1. The van der Waals surface area contributed by atoms with Crippen LogP contribution in [-0.4, -0.2) is 36.6 Å². The zero-order valence-corrected chi connectivity index (χ0v) is 20.7. The summed E-state index contributed by atoms with van der Waals surface area (Å²) in [5.41, 5.74) is 5.31. The molecule has 1 aliphatic carbocycles. The molecule has 0 saturated heterocycles. The van der Waals surface area contributed by atoms with Crippen LogP contribution in [0.4, 0.5) is 0 Å². The zero-order chi connectivity index (χ0) is 24.2. The number of aromatic amines is 1. The van der Waals surface area contributed by atoms with Crippen LogP contribution in [0.3, 0.4) is 0 Å². The lowest BCUT2D eigenvalue weighted by atomic mass is 9.95. The summed E-state index contributed by atoms with van der Waals surface area (Å²) in [7, 11) is 0. The highest BCUT2D eigenvalue weighted by Gasteiger charge is 2.22. The van der Waals surface area contributed by atoms with E-state index in [-0.39, 0.29) is 5.56 Å². The van der Waals surface area contributed by atoms with E-state index in [1.54, 1.807) is 0 Å². The Kier molecular flexibility index (Phi) is 7.04. The molecule has 7 nitrogen and oxygen atoms in total. The van der Waals surface area contributed by atoms with Gasteiger partial charge in [-0.25, -0.2) is 4.68 Å². The first-order valence-corrected chi connectivity index (χ1v) is 12.7. The van der Waals surface area contributed by atoms with Gasteiger partial charge in [-0.1, -0.05) is 49.6 Å². The molecule has 2 heterocycles. The highest BCUT2D eigenvalue weighted by atomic mass is 16.1. The predicted octanol–water partition coefficient (Wildman–Crippen LogP) is 4.88. The van der Waals surface area contributed by atoms with Gasteiger partial charge in [0.1, 0.15) is 0 Å². The van der Waals surface area contributed by atoms with Crippen LogP contribution in [0.25, 0.3) is 10.9 Å². The summed E-state index contributed by atoms with van der Waals surface area (Å²) in [6, 6.07) is 17.1. The summed E-state index contributed by atoms with van der Waals surface area (Å²) >= 11 is 0. The van der Waals surface area contributed by atoms with E-state index >= 15 is 0 Å². The molecule has 7 heteroatoms. The Morgan fingerprint density at radius 1 is 1.00 bits per heavy atom. The van der Waals surface area contributed by atoms with Crippen molar-refractivity contribution in [3.05, 3.63) is 87.0 Å². The average molecular weight is 471 g/mol. The third-order valence-corrected chi connectivity index (χ3v) is 7.34. The van der Waals surface area contributed by atoms with Gasteiger partial charge in [-0.05, 0) is 83.8 Å². The standard InChI is InChI=1S/C28H34N6O/c1-20-15-23-17-24(28(35)29-26(23)16-21(20)2)18-33(14-13-22-9-5-3-6-10-22)19-27-30-31-32-34(27)25-11-7-4-8-12-25/h3,5-6,9-10,15-17,25H,4,7-8,11-14,18-19H2,1-2H3,(H,29,35). The number of nitrogens with zero attached hydrogens (tertiary/aromatic N) is 5. The van der Waals surface area contributed by atoms with Crippen molar-refractivity contribution < 1.29 is 0 Å². The highest BCUT2D eigenvalue weighted by molar-refractivity contribution is 5.80. The summed E-state index contributed by atoms with van der Waals surface area (Å²) < 4.78 is 2.03. The number of aromatic nitrogens is 5. The van der Waals surface area contributed by atoms with Crippen LogP contribution in [0.15, 0.2) is 53.3 Å². The molecule has 0 unspecified atom stereocenters. The number of aryl methyl sites for hydroxylation is 2. The van der Waals surface area contributed by atoms with Gasteiger partial charge in [0.25, 0.3) is 5.56 Å². The van der Waals surface area contributed by atoms with Crippen molar-refractivity contribution in [2.75, 3.05) is 6.54 Å². The summed E-state index contributed by atoms with van der Waals surface area (Å²) in [6.07, 6.45) is 6.91. The van der Waals surface area contributed by atoms with Crippen LogP contribution in [0.5, 0.6) is 0 Å². The van der Waals surface area contributed by atoms with Crippen molar-refractivity contribution in [1.29, 1.82) is 0 Å². The molecule has 1 fully saturated rings. The fraction of sp³-hybridized carbons (Fsp3) is 0.429. The Bertz CT molecular complexity index is 1340. The lowest BCUT2D eigenvalue weighted by Gasteiger charge is -2.25. The van der Waals surface area contributed by atoms with Gasteiger partial charge in [-0.15, -0.1) is 5.10 Å². The number of rotatable bonds is 8. The van der Waals surface area contributed by atoms with Gasteiger partial charge >= 0.3 is 0 Å². The first kappa shape index (κ1) is 23.4. The normalized spacial score (nSPS) is 14.7. The van der Waals surface area contributed by atoms with E-state index in [1.165, 1.54) is 36.0 Å². The van der Waals surface area contributed by atoms with Gasteiger partial charge in [0.05, 0.1) is 12.6 Å². The molecule has 4 aromatic rings. The van der Waals surface area contributed by atoms with Crippen LogP contribution >= 0.6 is 0 Å². The summed E-state index contributed by atoms with van der Waals surface area (Å²) in [5.74, 6) is 0.883. The molecule has 1 saturated carbocycles. The van der Waals surface area contributed by atoms with Crippen LogP contribution in [-0.2, 0) is 19.5 Å². The molecular formula is C28H34N6O. The molecule has 0 aliphatic heterocycles. The van der Waals surface area contributed by atoms with E-state index in [9.17, 15) is 4.79 Å². The van der Waals surface area contributed by atoms with Gasteiger partial charge in [0.2, 0.25) is 0 Å². The van der Waals surface area contributed by atoms with Gasteiger partial charge in [0, 0.05) is 24.2 Å². The third-order valence-electron chi connectivity index (χ3n) is 7.34. The molecule has 0 atom stereocenters. The summed E-state index contributed by atoms with van der Waals surface area (Å²) in [5, 5.41) is 13.8. The van der Waals surface area contributed by atoms with E-state index in [1.807, 2.05) is 16.8 Å². The summed E-state index contributed by atoms with van der Waals surface area (Å²) in [6.45, 7) is 6.15. The minimum atomic E-state index is -0.0302. The molecule has 182 valence electrons. The van der Waals surface area contributed by atoms with Crippen molar-refractivity contribution in [1.82, 2.24) is 30.1 Å². The molecule has 5 rings (SSSR count). The lowest BCUT2D eigenvalue weighted by molar-refractivity contribution is 0.235. The Labute approximate surface area is 206 Å². The molecular weight excluding hydrogens is 436 g/mol. The monoisotopic (exact) mass is 470 g/mol. The molecule has 0 spiro atoms. The average Bonchev–Trinajstić information content (AvgIpc) is 3.33. The SMILES string of the molecule is Cc1cc2cc(CN(CCc3ccccc3)Cc3nnnn3C3CCCCC3)c(=O)[nH]c2cc1C. The Hall–Kier alpha value is -3.32. The fourth-order valence-electron chi connectivity index (χ4n) is 5.15. The Morgan fingerprint density at radius 2 is 1.77 bits per heavy atom. The first-order chi connectivity index (χ1) is 17.1. The van der Waals surface area contributed by atoms with E-state index in [0.29, 0.717) is 19.1 Å². The van der Waals surface area contributed by atoms with Gasteiger partial charge in [0.15, 0.2) is 5.82 Å². The molecule has 1 aliphatic rings. The fourth-order valence-corrected chi connectivity index (χ4v) is 5.15. The van der Waals surface area contributed by atoms with Crippen molar-refractivity contribution in [3.8, 4) is 0 Å². The second-order valence-corrected chi connectivity index (χ2v) is 9.93. The van der Waals surface area contributed by atoms with Crippen LogP contribution in [0.1, 0.15) is 66.2 Å². The van der Waals surface area contributed by atoms with Gasteiger partial charge in [-0.2, -0.15) is 0 Å². The largest absolute Gasteiger partial charge is 0.322 e. The van der Waals surface area contributed by atoms with Crippen molar-refractivity contribution in [3.63, 3.8) is 0 Å². The van der Waals surface area contributed by atoms with E-state index in [0.717, 1.165) is 48.1 Å². The third kappa shape index (κ3) is 5.51. The molecule has 0 amide bonds. The number of nitrogens with one attached hydrogen (secondary N) is 1. The van der Waals surface area contributed by atoms with Crippen LogP contribution < -0.4 is 5.56 Å². The molecule has 1 N–H and O–H groups in total. The minimum Gasteiger partial charge on any atom is -0.322 e. The van der Waals surface area contributed by atoms with E-state index in [2.05, 4.69) is 75.7 Å². The minimum absolute atomic E-state index is 0.0302. The maximum Gasteiger partial charge on any atom is 0.252 e. The molecule has 0 bridgehead atoms. The Morgan fingerprint density at radius 3 is 2.57 bits per heavy atom. The van der Waals surface area contributed by atoms with Crippen molar-refractivity contribution in [2.45, 2.75) is 71.5 Å². The number of pyridine rings is 1. The predicted molar refractivity (Wildman–Crippen MR) is 138 cm³/mol. The number of hydrogen-bond donors (Lipinski definition) is 1. The quantitative estimate of drug-likeness (QED) is 0.397. The van der Waals surface area contributed by atoms with E-state index < -0.39 is 0 Å². The maximum atomic E-state index is 13.0. The second-order valence-electron chi connectivity index (χ2n) is 9.93. The maximum absolute atomic E-state index is 13.0. The first-order valence-electron chi connectivity index (χ1n) is 12.7. The molecule has 0 radical (unpaired) electrons. The summed E-state index contributed by atoms with van der Waals surface area (Å²) in [4.78, 5) is 18.4. The number of tetrazole rings is 1. The van der Waals surface area contributed by atoms with Gasteiger partial charge < -0.3 is 4.98 Å². The zero-order valence-electron chi connectivity index (χ0n) is 20.7. The Balaban J connectivity index is 1.42. The smallest absolute Gasteiger partial charge is 0.252 e. The number of hydrogen-bond acceptors (Lipinski definition) is 5. The molecule has 2 aromatic heterocycles. The number of benzene rings is 2. The lowest BCUT2D eigenvalue weighted by Crippen LogP contribution is -2.30. The number of H-pyrrole nitrogens is 1. The van der Waals surface area contributed by atoms with E-state index in [4.69, 9.17) is 0 Å². The van der Waals surface area contributed by atoms with Crippen molar-refractivity contribution >= 4 is 10.9 Å². The highest BCUT2D eigenvalue weighted by Crippen LogP contribution is 2.28. The van der Waals surface area contributed by atoms with Crippen LogP contribution in [0.2, 0.25) is 0 Å². The van der Waals surface area contributed by atoms with Crippen molar-refractivity contribution in [2.24, 2.45) is 0 Å². The van der Waals surface area contributed by atoms with Crippen LogP contribution in [0, 0.1) is 13.8 Å². The second kappa shape index (κ2) is 10.5.